The van der Waals surface area contributed by atoms with Gasteiger partial charge >= 0.3 is 0 Å². The Balaban J connectivity index is 1.74. The number of rotatable bonds is 12. The van der Waals surface area contributed by atoms with E-state index < -0.39 is 28.5 Å². The van der Waals surface area contributed by atoms with Crippen molar-refractivity contribution in [1.29, 1.82) is 0 Å². The van der Waals surface area contributed by atoms with E-state index in [0.717, 1.165) is 47.5 Å². The maximum absolute atomic E-state index is 14.3. The first-order valence-electron chi connectivity index (χ1n) is 14.7. The molecule has 1 N–H and O–H groups in total. The van der Waals surface area contributed by atoms with Crippen molar-refractivity contribution in [2.24, 2.45) is 0 Å². The summed E-state index contributed by atoms with van der Waals surface area (Å²) in [5.41, 5.74) is 1.81. The molecule has 43 heavy (non-hydrogen) atoms. The minimum Gasteiger partial charge on any atom is -0.495 e. The number of hydrogen-bond donors (Lipinski definition) is 1. The van der Waals surface area contributed by atoms with Gasteiger partial charge in [0, 0.05) is 17.6 Å². The molecule has 0 aromatic heterocycles. The minimum absolute atomic E-state index is 0.0395. The van der Waals surface area contributed by atoms with Crippen LogP contribution in [0.3, 0.4) is 0 Å². The van der Waals surface area contributed by atoms with Crippen LogP contribution in [0.4, 0.5) is 5.69 Å². The lowest BCUT2D eigenvalue weighted by Gasteiger charge is -2.34. The third-order valence-corrected chi connectivity index (χ3v) is 9.84. The molecule has 1 aliphatic carbocycles. The minimum atomic E-state index is -4.20. The van der Waals surface area contributed by atoms with Crippen LogP contribution in [0.5, 0.6) is 5.75 Å². The van der Waals surface area contributed by atoms with Crippen LogP contribution < -0.4 is 14.4 Å². The van der Waals surface area contributed by atoms with Gasteiger partial charge in [-0.3, -0.25) is 13.9 Å². The largest absolute Gasteiger partial charge is 0.495 e. The number of methoxy groups -OCH3 is 1. The summed E-state index contributed by atoms with van der Waals surface area (Å²) in [5.74, 6) is -0.435. The first-order chi connectivity index (χ1) is 20.6. The van der Waals surface area contributed by atoms with E-state index in [4.69, 9.17) is 16.3 Å². The predicted octanol–water partition coefficient (Wildman–Crippen LogP) is 6.11. The van der Waals surface area contributed by atoms with Crippen LogP contribution in [-0.2, 0) is 26.2 Å². The van der Waals surface area contributed by atoms with Crippen LogP contribution in [0.15, 0.2) is 77.7 Å². The molecule has 8 nitrogen and oxygen atoms in total. The highest BCUT2D eigenvalue weighted by molar-refractivity contribution is 7.92. The van der Waals surface area contributed by atoms with Crippen molar-refractivity contribution in [2.45, 2.75) is 75.9 Å². The molecule has 0 aliphatic heterocycles. The van der Waals surface area contributed by atoms with Gasteiger partial charge in [0.05, 0.1) is 17.7 Å². The highest BCUT2D eigenvalue weighted by atomic mass is 35.5. The summed E-state index contributed by atoms with van der Waals surface area (Å²) in [6.45, 7) is 3.28. The van der Waals surface area contributed by atoms with Gasteiger partial charge in [0.25, 0.3) is 10.0 Å². The maximum Gasteiger partial charge on any atom is 0.264 e. The molecule has 230 valence electrons. The van der Waals surface area contributed by atoms with Gasteiger partial charge in [-0.2, -0.15) is 0 Å². The molecule has 3 aromatic rings. The number of nitrogens with one attached hydrogen (secondary N) is 1. The van der Waals surface area contributed by atoms with E-state index in [2.05, 4.69) is 5.32 Å². The Morgan fingerprint density at radius 2 is 1.67 bits per heavy atom. The predicted molar refractivity (Wildman–Crippen MR) is 170 cm³/mol. The second-order valence-corrected chi connectivity index (χ2v) is 13.2. The maximum atomic E-state index is 14.3. The zero-order valence-electron chi connectivity index (χ0n) is 25.0. The number of benzene rings is 3. The van der Waals surface area contributed by atoms with E-state index in [9.17, 15) is 18.0 Å². The van der Waals surface area contributed by atoms with E-state index in [0.29, 0.717) is 17.2 Å². The monoisotopic (exact) mass is 625 g/mol. The number of ether oxygens (including phenoxy) is 1. The average molecular weight is 626 g/mol. The van der Waals surface area contributed by atoms with Gasteiger partial charge in [-0.15, -0.1) is 0 Å². The number of carbonyl (C=O) groups is 2. The Labute approximate surface area is 260 Å². The number of carbonyl (C=O) groups excluding carboxylic acids is 2. The van der Waals surface area contributed by atoms with Gasteiger partial charge in [0.1, 0.15) is 18.3 Å². The smallest absolute Gasteiger partial charge is 0.264 e. The molecule has 1 atom stereocenters. The van der Waals surface area contributed by atoms with E-state index in [1.165, 1.54) is 24.1 Å². The summed E-state index contributed by atoms with van der Waals surface area (Å²) < 4.78 is 34.8. The van der Waals surface area contributed by atoms with E-state index in [1.54, 1.807) is 54.6 Å². The standard InChI is InChI=1S/C33H40ClN3O5S/c1-4-29(33(39)35-27-11-7-5-8-12-27)36(22-25-16-18-26(34)19-17-25)32(38)23-37(30-21-24(2)15-20-31(30)42-3)43(40,41)28-13-9-6-10-14-28/h6,9-10,13-21,27,29H,4-5,7-8,11-12,22-23H2,1-3H3,(H,35,39). The first kappa shape index (κ1) is 32.4. The quantitative estimate of drug-likeness (QED) is 0.262. The fraction of sp³-hybridized carbons (Fsp3) is 0.394. The Morgan fingerprint density at radius 1 is 1.00 bits per heavy atom. The molecule has 0 bridgehead atoms. The lowest BCUT2D eigenvalue weighted by molar-refractivity contribution is -0.140. The Kier molecular flexibility index (Phi) is 11.1. The lowest BCUT2D eigenvalue weighted by Crippen LogP contribution is -2.54. The van der Waals surface area contributed by atoms with Crippen LogP contribution in [0.1, 0.15) is 56.6 Å². The molecular weight excluding hydrogens is 586 g/mol. The third kappa shape index (κ3) is 8.09. The summed E-state index contributed by atoms with van der Waals surface area (Å²) in [7, 11) is -2.74. The van der Waals surface area contributed by atoms with Gasteiger partial charge in [-0.25, -0.2) is 8.42 Å². The zero-order valence-corrected chi connectivity index (χ0v) is 26.5. The van der Waals surface area contributed by atoms with Gasteiger partial charge in [0.15, 0.2) is 0 Å². The molecule has 4 rings (SSSR count). The van der Waals surface area contributed by atoms with Crippen molar-refractivity contribution < 1.29 is 22.7 Å². The van der Waals surface area contributed by atoms with Crippen LogP contribution >= 0.6 is 11.6 Å². The van der Waals surface area contributed by atoms with Crippen LogP contribution in [0.25, 0.3) is 0 Å². The normalized spacial score (nSPS) is 14.5. The Morgan fingerprint density at radius 3 is 2.30 bits per heavy atom. The molecule has 2 amide bonds. The number of halogens is 1. The number of aryl methyl sites for hydroxylation is 1. The summed E-state index contributed by atoms with van der Waals surface area (Å²) in [4.78, 5) is 29.5. The van der Waals surface area contributed by atoms with Crippen LogP contribution in [0.2, 0.25) is 5.02 Å². The van der Waals surface area contributed by atoms with Gasteiger partial charge < -0.3 is 15.0 Å². The summed E-state index contributed by atoms with van der Waals surface area (Å²) in [6, 6.07) is 19.5. The first-order valence-corrected chi connectivity index (χ1v) is 16.5. The molecule has 1 aliphatic rings. The van der Waals surface area contributed by atoms with E-state index in [-0.39, 0.29) is 29.1 Å². The molecule has 3 aromatic carbocycles. The average Bonchev–Trinajstić information content (AvgIpc) is 3.01. The van der Waals surface area contributed by atoms with Gasteiger partial charge in [-0.1, -0.05) is 74.2 Å². The molecule has 0 radical (unpaired) electrons. The summed E-state index contributed by atoms with van der Waals surface area (Å²) in [6.07, 6.45) is 5.43. The van der Waals surface area contributed by atoms with Crippen molar-refractivity contribution in [1.82, 2.24) is 10.2 Å². The molecule has 0 spiro atoms. The Bertz CT molecular complexity index is 1490. The van der Waals surface area contributed by atoms with Gasteiger partial charge in [-0.05, 0) is 73.7 Å². The van der Waals surface area contributed by atoms with Crippen molar-refractivity contribution in [2.75, 3.05) is 18.0 Å². The molecule has 1 saturated carbocycles. The van der Waals surface area contributed by atoms with Crippen molar-refractivity contribution in [3.05, 3.63) is 88.9 Å². The molecule has 1 fully saturated rings. The SMILES string of the molecule is CCC(C(=O)NC1CCCCC1)N(Cc1ccc(Cl)cc1)C(=O)CN(c1cc(C)ccc1OC)S(=O)(=O)c1ccccc1. The van der Waals surface area contributed by atoms with Crippen molar-refractivity contribution in [3.63, 3.8) is 0 Å². The van der Waals surface area contributed by atoms with Crippen molar-refractivity contribution in [3.8, 4) is 5.75 Å². The number of anilines is 1. The van der Waals surface area contributed by atoms with Crippen LogP contribution in [-0.4, -0.2) is 50.9 Å². The number of sulfonamides is 1. The van der Waals surface area contributed by atoms with Crippen molar-refractivity contribution >= 4 is 39.1 Å². The fourth-order valence-corrected chi connectivity index (χ4v) is 7.04. The summed E-state index contributed by atoms with van der Waals surface area (Å²) >= 11 is 6.12. The zero-order chi connectivity index (χ0) is 31.0. The number of hydrogen-bond acceptors (Lipinski definition) is 5. The lowest BCUT2D eigenvalue weighted by atomic mass is 9.95. The molecule has 0 saturated heterocycles. The van der Waals surface area contributed by atoms with Crippen LogP contribution in [0, 0.1) is 6.92 Å². The molecule has 10 heteroatoms. The number of nitrogens with zero attached hydrogens (tertiary/aromatic N) is 2. The summed E-state index contributed by atoms with van der Waals surface area (Å²) in [5, 5.41) is 3.71. The molecule has 1 unspecified atom stereocenters. The molecule has 0 heterocycles. The highest BCUT2D eigenvalue weighted by Crippen LogP contribution is 2.34. The Hall–Kier alpha value is -3.56. The molecular formula is C33H40ClN3O5S. The second-order valence-electron chi connectivity index (χ2n) is 10.9. The number of amides is 2. The third-order valence-electron chi connectivity index (χ3n) is 7.82. The van der Waals surface area contributed by atoms with E-state index >= 15 is 0 Å². The highest BCUT2D eigenvalue weighted by Gasteiger charge is 2.35. The topological polar surface area (TPSA) is 96.0 Å². The second kappa shape index (κ2) is 14.8. The van der Waals surface area contributed by atoms with E-state index in [1.807, 2.05) is 19.9 Å². The fourth-order valence-electron chi connectivity index (χ4n) is 5.48. The van der Waals surface area contributed by atoms with Gasteiger partial charge in [0.2, 0.25) is 11.8 Å².